The van der Waals surface area contributed by atoms with Crippen molar-refractivity contribution in [3.63, 3.8) is 0 Å². The Kier molecular flexibility index (Phi) is 6.89. The average molecular weight is 633 g/mol. The molecule has 176 valence electrons. The molecule has 1 saturated heterocycles. The van der Waals surface area contributed by atoms with Crippen LogP contribution in [0.15, 0.2) is 83.6 Å². The van der Waals surface area contributed by atoms with Crippen LogP contribution in [0.2, 0.25) is 5.02 Å². The number of thiophene rings is 1. The lowest BCUT2D eigenvalue weighted by atomic mass is 9.75. The normalized spacial score (nSPS) is 20.2. The molecule has 2 aromatic heterocycles. The van der Waals surface area contributed by atoms with E-state index in [0.29, 0.717) is 27.9 Å². The number of carbonyl (C=O) groups excluding carboxylic acids is 2. The summed E-state index contributed by atoms with van der Waals surface area (Å²) in [4.78, 5) is 32.0. The van der Waals surface area contributed by atoms with Crippen LogP contribution < -0.4 is 4.74 Å². The SMILES string of the molecule is O=C1CC(c2ccsc2)(c2cccc(Oc3ccc(I)cc3)n2)N(S)C(=O)C1c1ccccc1Cl. The number of hydrogen-bond donors (Lipinski definition) is 1. The van der Waals surface area contributed by atoms with Gasteiger partial charge in [0.05, 0.1) is 5.69 Å². The van der Waals surface area contributed by atoms with Crippen molar-refractivity contribution in [3.05, 3.63) is 109 Å². The number of aromatic nitrogens is 1. The molecule has 1 aliphatic rings. The lowest BCUT2D eigenvalue weighted by Gasteiger charge is -2.45. The summed E-state index contributed by atoms with van der Waals surface area (Å²) in [7, 11) is 0. The predicted molar refractivity (Wildman–Crippen MR) is 148 cm³/mol. The summed E-state index contributed by atoms with van der Waals surface area (Å²) in [5, 5.41) is 4.18. The zero-order chi connectivity index (χ0) is 24.6. The molecule has 2 atom stereocenters. The number of carbonyl (C=O) groups is 2. The summed E-state index contributed by atoms with van der Waals surface area (Å²) in [6.45, 7) is 0. The second-order valence-corrected chi connectivity index (χ2v) is 10.9. The third kappa shape index (κ3) is 4.48. The number of pyridine rings is 1. The highest BCUT2D eigenvalue weighted by atomic mass is 127. The molecule has 1 aliphatic heterocycles. The Balaban J connectivity index is 1.58. The van der Waals surface area contributed by atoms with E-state index >= 15 is 0 Å². The van der Waals surface area contributed by atoms with Crippen molar-refractivity contribution >= 4 is 70.0 Å². The maximum absolute atomic E-state index is 13.7. The van der Waals surface area contributed by atoms with Gasteiger partial charge in [-0.15, -0.1) is 0 Å². The van der Waals surface area contributed by atoms with E-state index in [-0.39, 0.29) is 12.2 Å². The van der Waals surface area contributed by atoms with Gasteiger partial charge in [-0.2, -0.15) is 11.3 Å². The Hall–Kier alpha value is -2.40. The lowest BCUT2D eigenvalue weighted by Crippen LogP contribution is -2.54. The zero-order valence-electron chi connectivity index (χ0n) is 18.1. The molecule has 5 rings (SSSR count). The lowest BCUT2D eigenvalue weighted by molar-refractivity contribution is -0.142. The molecule has 0 radical (unpaired) electrons. The van der Waals surface area contributed by atoms with Crippen LogP contribution in [0.5, 0.6) is 11.6 Å². The molecular formula is C26H18ClIN2O3S2. The van der Waals surface area contributed by atoms with Gasteiger partial charge in [0.25, 0.3) is 0 Å². The van der Waals surface area contributed by atoms with Crippen molar-refractivity contribution in [3.8, 4) is 11.6 Å². The van der Waals surface area contributed by atoms with Crippen LogP contribution >= 0.6 is 58.3 Å². The predicted octanol–water partition coefficient (Wildman–Crippen LogP) is 6.87. The van der Waals surface area contributed by atoms with Crippen LogP contribution in [-0.4, -0.2) is 21.0 Å². The molecule has 0 aliphatic carbocycles. The Morgan fingerprint density at radius 3 is 2.54 bits per heavy atom. The molecule has 35 heavy (non-hydrogen) atoms. The van der Waals surface area contributed by atoms with E-state index in [1.54, 1.807) is 42.5 Å². The number of nitrogens with zero attached hydrogens (tertiary/aromatic N) is 2. The summed E-state index contributed by atoms with van der Waals surface area (Å²) in [5.74, 6) is -0.732. The molecule has 1 amide bonds. The highest BCUT2D eigenvalue weighted by Crippen LogP contribution is 2.48. The smallest absolute Gasteiger partial charge is 0.248 e. The minimum Gasteiger partial charge on any atom is -0.439 e. The van der Waals surface area contributed by atoms with Crippen LogP contribution in [0.3, 0.4) is 0 Å². The Morgan fingerprint density at radius 1 is 1.06 bits per heavy atom. The summed E-state index contributed by atoms with van der Waals surface area (Å²) in [6.07, 6.45) is -0.00511. The molecule has 0 N–H and O–H groups in total. The number of ether oxygens (including phenoxy) is 1. The van der Waals surface area contributed by atoms with E-state index in [1.165, 1.54) is 15.6 Å². The van der Waals surface area contributed by atoms with Crippen LogP contribution in [0.25, 0.3) is 0 Å². The van der Waals surface area contributed by atoms with E-state index in [4.69, 9.17) is 21.3 Å². The van der Waals surface area contributed by atoms with E-state index < -0.39 is 17.4 Å². The number of thiol groups is 1. The van der Waals surface area contributed by atoms with Crippen molar-refractivity contribution in [2.45, 2.75) is 17.9 Å². The van der Waals surface area contributed by atoms with Gasteiger partial charge in [-0.05, 0) is 86.9 Å². The molecule has 0 bridgehead atoms. The quantitative estimate of drug-likeness (QED) is 0.148. The van der Waals surface area contributed by atoms with Crippen LogP contribution in [-0.2, 0) is 15.1 Å². The topological polar surface area (TPSA) is 59.5 Å². The summed E-state index contributed by atoms with van der Waals surface area (Å²) in [6, 6.07) is 21.7. The van der Waals surface area contributed by atoms with Crippen molar-refractivity contribution in [2.75, 3.05) is 0 Å². The first-order valence-corrected chi connectivity index (χ1v) is 13.4. The van der Waals surface area contributed by atoms with E-state index in [1.807, 2.05) is 41.1 Å². The largest absolute Gasteiger partial charge is 0.439 e. The first-order chi connectivity index (χ1) is 16.9. The van der Waals surface area contributed by atoms with Crippen molar-refractivity contribution < 1.29 is 14.3 Å². The van der Waals surface area contributed by atoms with E-state index in [0.717, 1.165) is 9.13 Å². The van der Waals surface area contributed by atoms with Gasteiger partial charge < -0.3 is 4.74 Å². The monoisotopic (exact) mass is 632 g/mol. The van der Waals surface area contributed by atoms with E-state index in [9.17, 15) is 9.59 Å². The highest BCUT2D eigenvalue weighted by Gasteiger charge is 2.53. The summed E-state index contributed by atoms with van der Waals surface area (Å²) < 4.78 is 8.40. The fourth-order valence-corrected chi connectivity index (χ4v) is 6.02. The summed E-state index contributed by atoms with van der Waals surface area (Å²) in [5.41, 5.74) is 0.537. The third-order valence-corrected chi connectivity index (χ3v) is 8.25. The van der Waals surface area contributed by atoms with E-state index in [2.05, 4.69) is 35.4 Å². The fourth-order valence-electron chi connectivity index (χ4n) is 4.29. The molecule has 5 nitrogen and oxygen atoms in total. The van der Waals surface area contributed by atoms with Crippen molar-refractivity contribution in [1.82, 2.24) is 9.29 Å². The molecule has 9 heteroatoms. The molecule has 2 aromatic carbocycles. The second kappa shape index (κ2) is 9.93. The fraction of sp³-hybridized carbons (Fsp3) is 0.115. The number of piperidine rings is 1. The maximum atomic E-state index is 13.7. The minimum atomic E-state index is -1.19. The van der Waals surface area contributed by atoms with Gasteiger partial charge in [0, 0.05) is 21.1 Å². The molecule has 0 spiro atoms. The Labute approximate surface area is 230 Å². The number of hydrogen-bond acceptors (Lipinski definition) is 6. The molecule has 4 aromatic rings. The van der Waals surface area contributed by atoms with Crippen LogP contribution in [0.4, 0.5) is 0 Å². The third-order valence-electron chi connectivity index (χ3n) is 5.97. The van der Waals surface area contributed by atoms with Gasteiger partial charge in [0.2, 0.25) is 11.8 Å². The first kappa shape index (κ1) is 24.3. The van der Waals surface area contributed by atoms with Crippen molar-refractivity contribution in [2.24, 2.45) is 0 Å². The highest BCUT2D eigenvalue weighted by molar-refractivity contribution is 14.1. The number of ketones is 1. The number of rotatable bonds is 5. The van der Waals surface area contributed by atoms with Gasteiger partial charge in [-0.3, -0.25) is 13.9 Å². The van der Waals surface area contributed by atoms with Gasteiger partial charge in [0.1, 0.15) is 17.2 Å². The Morgan fingerprint density at radius 2 is 1.83 bits per heavy atom. The van der Waals surface area contributed by atoms with Gasteiger partial charge in [-0.25, -0.2) is 4.98 Å². The van der Waals surface area contributed by atoms with Gasteiger partial charge in [0.15, 0.2) is 5.78 Å². The minimum absolute atomic E-state index is 0.00511. The number of amides is 1. The van der Waals surface area contributed by atoms with Gasteiger partial charge >= 0.3 is 0 Å². The molecule has 2 unspecified atom stereocenters. The van der Waals surface area contributed by atoms with Crippen molar-refractivity contribution in [1.29, 1.82) is 0 Å². The van der Waals surface area contributed by atoms with Crippen LogP contribution in [0, 0.1) is 3.57 Å². The molecule has 1 fully saturated rings. The maximum Gasteiger partial charge on any atom is 0.248 e. The molecular weight excluding hydrogens is 615 g/mol. The number of halogens is 2. The van der Waals surface area contributed by atoms with Crippen LogP contribution in [0.1, 0.15) is 29.2 Å². The zero-order valence-corrected chi connectivity index (χ0v) is 22.7. The average Bonchev–Trinajstić information content (AvgIpc) is 3.40. The number of benzene rings is 2. The van der Waals surface area contributed by atoms with Gasteiger partial charge in [-0.1, -0.05) is 48.7 Å². The molecule has 3 heterocycles. The summed E-state index contributed by atoms with van der Waals surface area (Å²) >= 11 is 14.7. The number of Topliss-reactive ketones (excluding diaryl/α,β-unsaturated/α-hetero) is 1. The Bertz CT molecular complexity index is 1400. The second-order valence-electron chi connectivity index (χ2n) is 8.04. The molecule has 0 saturated carbocycles. The first-order valence-electron chi connectivity index (χ1n) is 10.6. The standard InChI is InChI=1S/C26H18ClIN2O3S2/c27-20-5-2-1-4-19(20)24-21(31)14-26(30(34)25(24)32,16-12-13-35-15-16)22-6-3-7-23(29-22)33-18-10-8-17(28)9-11-18/h1-13,15,24,34H,14H2.